The molecule has 0 fully saturated rings. The van der Waals surface area contributed by atoms with Gasteiger partial charge in [0.25, 0.3) is 0 Å². The summed E-state index contributed by atoms with van der Waals surface area (Å²) in [7, 11) is 0. The van der Waals surface area contributed by atoms with E-state index in [1.54, 1.807) is 0 Å². The highest BCUT2D eigenvalue weighted by Crippen LogP contribution is 2.38. The first kappa shape index (κ1) is 26.4. The number of aromatic nitrogens is 2. The van der Waals surface area contributed by atoms with E-state index in [2.05, 4.69) is 110 Å². The van der Waals surface area contributed by atoms with Crippen LogP contribution in [0.15, 0.2) is 148 Å². The molecule has 0 aliphatic carbocycles. The summed E-state index contributed by atoms with van der Waals surface area (Å²) in [6.45, 7) is 2.17. The van der Waals surface area contributed by atoms with Crippen molar-refractivity contribution in [3.63, 3.8) is 0 Å². The molecule has 0 saturated carbocycles. The van der Waals surface area contributed by atoms with Gasteiger partial charge in [-0.15, -0.1) is 0 Å². The molecule has 9 aromatic rings. The van der Waals surface area contributed by atoms with Gasteiger partial charge in [-0.2, -0.15) is 0 Å². The van der Waals surface area contributed by atoms with Gasteiger partial charge in [0.15, 0.2) is 5.82 Å². The second-order valence-electron chi connectivity index (χ2n) is 11.6. The molecular formula is C42H28N2O2. The van der Waals surface area contributed by atoms with Crippen molar-refractivity contribution < 1.29 is 8.83 Å². The van der Waals surface area contributed by atoms with Crippen molar-refractivity contribution in [2.75, 3.05) is 0 Å². The van der Waals surface area contributed by atoms with E-state index in [4.69, 9.17) is 18.8 Å². The van der Waals surface area contributed by atoms with Gasteiger partial charge in [0.2, 0.25) is 0 Å². The summed E-state index contributed by atoms with van der Waals surface area (Å²) in [5.41, 5.74) is 11.7. The summed E-state index contributed by atoms with van der Waals surface area (Å²) in [4.78, 5) is 10.5. The van der Waals surface area contributed by atoms with E-state index in [-0.39, 0.29) is 0 Å². The Kier molecular flexibility index (Phi) is 6.07. The van der Waals surface area contributed by atoms with Crippen molar-refractivity contribution >= 4 is 43.9 Å². The summed E-state index contributed by atoms with van der Waals surface area (Å²) in [5.74, 6) is 0.669. The van der Waals surface area contributed by atoms with Crippen LogP contribution in [0.4, 0.5) is 0 Å². The van der Waals surface area contributed by atoms with Crippen LogP contribution >= 0.6 is 0 Å². The number of hydrogen-bond donors (Lipinski definition) is 0. The van der Waals surface area contributed by atoms with Crippen molar-refractivity contribution in [2.24, 2.45) is 0 Å². The van der Waals surface area contributed by atoms with E-state index >= 15 is 0 Å². The fraction of sp³-hybridized carbons (Fsp3) is 0.0476. The molecule has 0 radical (unpaired) electrons. The molecule has 0 saturated heterocycles. The van der Waals surface area contributed by atoms with Crippen LogP contribution in [0.3, 0.4) is 0 Å². The zero-order valence-electron chi connectivity index (χ0n) is 25.2. The lowest BCUT2D eigenvalue weighted by Crippen LogP contribution is -2.02. The molecule has 4 nitrogen and oxygen atoms in total. The smallest absolute Gasteiger partial charge is 0.160 e. The van der Waals surface area contributed by atoms with Gasteiger partial charge < -0.3 is 8.83 Å². The normalized spacial score (nSPS) is 11.7. The van der Waals surface area contributed by atoms with Crippen molar-refractivity contribution in [1.29, 1.82) is 0 Å². The third kappa shape index (κ3) is 4.30. The van der Waals surface area contributed by atoms with Crippen LogP contribution in [0, 0.1) is 0 Å². The molecule has 3 aromatic heterocycles. The molecular weight excluding hydrogens is 564 g/mol. The van der Waals surface area contributed by atoms with Gasteiger partial charge in [0.1, 0.15) is 22.3 Å². The van der Waals surface area contributed by atoms with Gasteiger partial charge >= 0.3 is 0 Å². The maximum absolute atomic E-state index is 6.24. The Morgan fingerprint density at radius 2 is 0.913 bits per heavy atom. The van der Waals surface area contributed by atoms with E-state index in [1.165, 1.54) is 0 Å². The van der Waals surface area contributed by atoms with Gasteiger partial charge in [-0.1, -0.05) is 104 Å². The van der Waals surface area contributed by atoms with Crippen molar-refractivity contribution in [3.05, 3.63) is 145 Å². The predicted molar refractivity (Wildman–Crippen MR) is 188 cm³/mol. The molecule has 0 bridgehead atoms. The van der Waals surface area contributed by atoms with E-state index < -0.39 is 0 Å². The minimum Gasteiger partial charge on any atom is -0.456 e. The molecule has 0 amide bonds. The second kappa shape index (κ2) is 10.6. The predicted octanol–water partition coefficient (Wildman–Crippen LogP) is 11.5. The molecule has 9 rings (SSSR count). The fourth-order valence-corrected chi connectivity index (χ4v) is 6.64. The quantitative estimate of drug-likeness (QED) is 0.199. The monoisotopic (exact) mass is 592 g/mol. The van der Waals surface area contributed by atoms with Crippen LogP contribution in [-0.4, -0.2) is 9.97 Å². The second-order valence-corrected chi connectivity index (χ2v) is 11.6. The lowest BCUT2D eigenvalue weighted by molar-refractivity contribution is 0.668. The first-order chi connectivity index (χ1) is 22.7. The van der Waals surface area contributed by atoms with Crippen LogP contribution < -0.4 is 0 Å². The van der Waals surface area contributed by atoms with Crippen LogP contribution in [0.25, 0.3) is 88.9 Å². The largest absolute Gasteiger partial charge is 0.456 e. The topological polar surface area (TPSA) is 52.1 Å². The molecule has 0 unspecified atom stereocenters. The third-order valence-electron chi connectivity index (χ3n) is 8.89. The van der Waals surface area contributed by atoms with Gasteiger partial charge in [-0.25, -0.2) is 9.97 Å². The van der Waals surface area contributed by atoms with Gasteiger partial charge in [0.05, 0.1) is 11.4 Å². The number of benzene rings is 6. The molecule has 46 heavy (non-hydrogen) atoms. The Hall–Kier alpha value is -6.00. The average Bonchev–Trinajstić information content (AvgIpc) is 3.69. The van der Waals surface area contributed by atoms with Crippen molar-refractivity contribution in [2.45, 2.75) is 13.3 Å². The van der Waals surface area contributed by atoms with E-state index in [0.717, 1.165) is 95.1 Å². The highest BCUT2D eigenvalue weighted by Gasteiger charge is 2.19. The Morgan fingerprint density at radius 1 is 0.413 bits per heavy atom. The number of furan rings is 2. The molecule has 0 aliphatic heterocycles. The zero-order valence-corrected chi connectivity index (χ0v) is 25.2. The van der Waals surface area contributed by atoms with Gasteiger partial charge in [-0.05, 0) is 60.0 Å². The average molecular weight is 593 g/mol. The molecule has 0 N–H and O–H groups in total. The minimum atomic E-state index is 0.669. The number of rotatable bonds is 5. The number of hydrogen-bond acceptors (Lipinski definition) is 4. The van der Waals surface area contributed by atoms with Gasteiger partial charge in [-0.3, -0.25) is 0 Å². The summed E-state index contributed by atoms with van der Waals surface area (Å²) >= 11 is 0. The Bertz CT molecular complexity index is 2580. The maximum Gasteiger partial charge on any atom is 0.160 e. The summed E-state index contributed by atoms with van der Waals surface area (Å²) in [6.07, 6.45) is 0.789. The molecule has 0 spiro atoms. The Labute approximate surface area is 265 Å². The molecule has 3 heterocycles. The number of nitrogens with zero attached hydrogens (tertiary/aromatic N) is 2. The number of para-hydroxylation sites is 2. The molecule has 6 aromatic carbocycles. The molecule has 0 atom stereocenters. The minimum absolute atomic E-state index is 0.669. The van der Waals surface area contributed by atoms with E-state index in [0.29, 0.717) is 5.82 Å². The third-order valence-corrected chi connectivity index (χ3v) is 8.89. The maximum atomic E-state index is 6.24. The molecule has 0 aliphatic rings. The lowest BCUT2D eigenvalue weighted by atomic mass is 9.95. The van der Waals surface area contributed by atoms with E-state index in [9.17, 15) is 0 Å². The van der Waals surface area contributed by atoms with Crippen LogP contribution in [0.2, 0.25) is 0 Å². The summed E-state index contributed by atoms with van der Waals surface area (Å²) in [5, 5.41) is 4.45. The summed E-state index contributed by atoms with van der Waals surface area (Å²) in [6, 6.07) is 48.1. The fourth-order valence-electron chi connectivity index (χ4n) is 6.64. The van der Waals surface area contributed by atoms with Crippen LogP contribution in [0.1, 0.15) is 12.5 Å². The van der Waals surface area contributed by atoms with Crippen LogP contribution in [-0.2, 0) is 6.42 Å². The Balaban J connectivity index is 1.22. The highest BCUT2D eigenvalue weighted by molar-refractivity contribution is 6.06. The summed E-state index contributed by atoms with van der Waals surface area (Å²) < 4.78 is 12.5. The van der Waals surface area contributed by atoms with Gasteiger partial charge in [0, 0.05) is 43.8 Å². The van der Waals surface area contributed by atoms with Crippen molar-refractivity contribution in [3.8, 4) is 45.0 Å². The van der Waals surface area contributed by atoms with Crippen molar-refractivity contribution in [1.82, 2.24) is 9.97 Å². The number of fused-ring (bicyclic) bond motifs is 6. The lowest BCUT2D eigenvalue weighted by Gasteiger charge is -2.16. The van der Waals surface area contributed by atoms with Crippen LogP contribution in [0.5, 0.6) is 0 Å². The SMILES string of the molecule is CCc1c(-c2ccccc2)nc(-c2ccc3c(c2)oc2ccccc23)nc1-c1cccc(-c2ccc3c(c2)oc2ccccc23)c1. The zero-order chi connectivity index (χ0) is 30.6. The molecule has 4 heteroatoms. The first-order valence-corrected chi connectivity index (χ1v) is 15.6. The standard InChI is InChI=1S/C42H28N2O2/c1-2-31-40(26-11-4-3-5-12-26)43-42(30-20-22-35-33-16-7-9-18-37(33)46-39(35)25-30)44-41(31)29-14-10-13-27(23-29)28-19-21-34-32-15-6-8-17-36(32)45-38(34)24-28/h3-25H,2H2,1H3. The molecule has 218 valence electrons. The first-order valence-electron chi connectivity index (χ1n) is 15.6. The highest BCUT2D eigenvalue weighted by atomic mass is 16.3. The van der Waals surface area contributed by atoms with E-state index in [1.807, 2.05) is 36.4 Å². The Morgan fingerprint density at radius 3 is 1.59 bits per heavy atom.